The maximum absolute atomic E-state index is 12.8. The lowest BCUT2D eigenvalue weighted by Crippen LogP contribution is -2.40. The van der Waals surface area contributed by atoms with Crippen molar-refractivity contribution in [1.29, 1.82) is 0 Å². The van der Waals surface area contributed by atoms with Gasteiger partial charge in [-0.05, 0) is 49.2 Å². The molecule has 1 fully saturated rings. The van der Waals surface area contributed by atoms with E-state index in [1.54, 1.807) is 13.0 Å². The Morgan fingerprint density at radius 1 is 1.07 bits per heavy atom. The summed E-state index contributed by atoms with van der Waals surface area (Å²) in [4.78, 5) is 12.6. The van der Waals surface area contributed by atoms with Crippen molar-refractivity contribution < 1.29 is 27.4 Å². The molecule has 1 aliphatic heterocycles. The molecule has 0 N–H and O–H groups in total. The molecule has 3 rings (SSSR count). The van der Waals surface area contributed by atoms with Crippen LogP contribution in [0.15, 0.2) is 47.4 Å². The molecule has 0 radical (unpaired) electrons. The minimum Gasteiger partial charge on any atom is -0.490 e. The van der Waals surface area contributed by atoms with Gasteiger partial charge in [0.2, 0.25) is 10.0 Å². The second-order valence-corrected chi connectivity index (χ2v) is 8.73. The van der Waals surface area contributed by atoms with Gasteiger partial charge in [-0.2, -0.15) is 4.31 Å². The maximum atomic E-state index is 12.8. The minimum absolute atomic E-state index is 0.0622. The van der Waals surface area contributed by atoms with Crippen molar-refractivity contribution in [1.82, 2.24) is 4.31 Å². The number of hydrogen-bond acceptors (Lipinski definition) is 6. The van der Waals surface area contributed by atoms with E-state index in [0.717, 1.165) is 5.56 Å². The number of sulfonamides is 1. The number of ether oxygens (including phenoxy) is 3. The molecule has 2 aromatic carbocycles. The molecule has 29 heavy (non-hydrogen) atoms. The van der Waals surface area contributed by atoms with Gasteiger partial charge in [-0.1, -0.05) is 18.2 Å². The van der Waals surface area contributed by atoms with Gasteiger partial charge >= 0.3 is 5.97 Å². The normalized spacial score (nSPS) is 15.1. The van der Waals surface area contributed by atoms with Crippen LogP contribution in [0.4, 0.5) is 0 Å². The standard InChI is InChI=1S/C21H25NO6S/c1-16-4-3-5-18(14-16)27-12-13-28-21(23)20-15-19(7-6-17(20)2)29(24,25)22-8-10-26-11-9-22/h3-7,14-15H,8-13H2,1-2H3. The number of carbonyl (C=O) groups is 1. The Kier molecular flexibility index (Phi) is 6.89. The Hall–Kier alpha value is -2.42. The van der Waals surface area contributed by atoms with Crippen molar-refractivity contribution in [2.75, 3.05) is 39.5 Å². The highest BCUT2D eigenvalue weighted by atomic mass is 32.2. The highest BCUT2D eigenvalue weighted by Crippen LogP contribution is 2.21. The molecule has 156 valence electrons. The monoisotopic (exact) mass is 419 g/mol. The summed E-state index contributed by atoms with van der Waals surface area (Å²) in [6.45, 7) is 5.30. The fourth-order valence-corrected chi connectivity index (χ4v) is 4.43. The van der Waals surface area contributed by atoms with E-state index in [1.807, 2.05) is 31.2 Å². The van der Waals surface area contributed by atoms with Crippen LogP contribution < -0.4 is 4.74 Å². The van der Waals surface area contributed by atoms with Gasteiger partial charge in [-0.15, -0.1) is 0 Å². The lowest BCUT2D eigenvalue weighted by molar-refractivity contribution is 0.0449. The maximum Gasteiger partial charge on any atom is 0.338 e. The Morgan fingerprint density at radius 2 is 1.83 bits per heavy atom. The molecule has 1 aliphatic rings. The first-order valence-corrected chi connectivity index (χ1v) is 10.9. The number of carbonyl (C=O) groups excluding carboxylic acids is 1. The molecule has 2 aromatic rings. The second kappa shape index (κ2) is 9.39. The topological polar surface area (TPSA) is 82.1 Å². The third-order valence-corrected chi connectivity index (χ3v) is 6.51. The van der Waals surface area contributed by atoms with Crippen LogP contribution >= 0.6 is 0 Å². The Morgan fingerprint density at radius 3 is 2.55 bits per heavy atom. The Bertz CT molecular complexity index is 967. The molecular weight excluding hydrogens is 394 g/mol. The molecule has 1 heterocycles. The lowest BCUT2D eigenvalue weighted by atomic mass is 10.1. The van der Waals surface area contributed by atoms with Crippen molar-refractivity contribution in [3.63, 3.8) is 0 Å². The molecule has 0 bridgehead atoms. The van der Waals surface area contributed by atoms with Gasteiger partial charge in [0.1, 0.15) is 19.0 Å². The zero-order valence-electron chi connectivity index (χ0n) is 16.6. The molecular formula is C21H25NO6S. The third-order valence-electron chi connectivity index (χ3n) is 4.61. The zero-order valence-corrected chi connectivity index (χ0v) is 17.4. The predicted molar refractivity (Wildman–Crippen MR) is 108 cm³/mol. The van der Waals surface area contributed by atoms with Crippen LogP contribution in [-0.4, -0.2) is 58.2 Å². The number of morpholine rings is 1. The molecule has 0 aliphatic carbocycles. The van der Waals surface area contributed by atoms with Crippen molar-refractivity contribution in [3.8, 4) is 5.75 Å². The first kappa shape index (κ1) is 21.3. The molecule has 0 aromatic heterocycles. The molecule has 1 saturated heterocycles. The lowest BCUT2D eigenvalue weighted by Gasteiger charge is -2.26. The highest BCUT2D eigenvalue weighted by molar-refractivity contribution is 7.89. The summed E-state index contributed by atoms with van der Waals surface area (Å²) in [6.07, 6.45) is 0. The molecule has 8 heteroatoms. The van der Waals surface area contributed by atoms with Crippen LogP contribution in [0.3, 0.4) is 0 Å². The van der Waals surface area contributed by atoms with Gasteiger partial charge < -0.3 is 14.2 Å². The second-order valence-electron chi connectivity index (χ2n) is 6.79. The Balaban J connectivity index is 1.63. The average molecular weight is 419 g/mol. The van der Waals surface area contributed by atoms with Crippen LogP contribution in [0, 0.1) is 13.8 Å². The van der Waals surface area contributed by atoms with Crippen LogP contribution in [-0.2, 0) is 19.5 Å². The van der Waals surface area contributed by atoms with Crippen LogP contribution in [0.1, 0.15) is 21.5 Å². The summed E-state index contributed by atoms with van der Waals surface area (Å²) in [5.74, 6) is 0.130. The summed E-state index contributed by atoms with van der Waals surface area (Å²) in [5.41, 5.74) is 1.96. The van der Waals surface area contributed by atoms with E-state index in [9.17, 15) is 13.2 Å². The highest BCUT2D eigenvalue weighted by Gasteiger charge is 2.27. The van der Waals surface area contributed by atoms with Gasteiger partial charge in [0.05, 0.1) is 23.7 Å². The van der Waals surface area contributed by atoms with E-state index in [2.05, 4.69) is 0 Å². The number of rotatable bonds is 7. The first-order valence-electron chi connectivity index (χ1n) is 9.43. The molecule has 0 unspecified atom stereocenters. The summed E-state index contributed by atoms with van der Waals surface area (Å²) in [7, 11) is -3.68. The smallest absolute Gasteiger partial charge is 0.338 e. The summed E-state index contributed by atoms with van der Waals surface area (Å²) >= 11 is 0. The molecule has 0 atom stereocenters. The summed E-state index contributed by atoms with van der Waals surface area (Å²) in [6, 6.07) is 12.1. The van der Waals surface area contributed by atoms with Crippen LogP contribution in [0.25, 0.3) is 0 Å². The van der Waals surface area contributed by atoms with Gasteiger partial charge in [-0.3, -0.25) is 0 Å². The van der Waals surface area contributed by atoms with E-state index in [1.165, 1.54) is 16.4 Å². The number of esters is 1. The zero-order chi connectivity index (χ0) is 20.9. The molecule has 0 saturated carbocycles. The summed E-state index contributed by atoms with van der Waals surface area (Å²) < 4.78 is 43.1. The third kappa shape index (κ3) is 5.35. The SMILES string of the molecule is Cc1cccc(OCCOC(=O)c2cc(S(=O)(=O)N3CCOCC3)ccc2C)c1. The van der Waals surface area contributed by atoms with Crippen molar-refractivity contribution >= 4 is 16.0 Å². The number of nitrogens with zero attached hydrogens (tertiary/aromatic N) is 1. The minimum atomic E-state index is -3.68. The number of aryl methyl sites for hydroxylation is 2. The van der Waals surface area contributed by atoms with Gasteiger partial charge in [0.15, 0.2) is 0 Å². The van der Waals surface area contributed by atoms with Crippen molar-refractivity contribution in [3.05, 3.63) is 59.2 Å². The van der Waals surface area contributed by atoms with Gasteiger partial charge in [-0.25, -0.2) is 13.2 Å². The predicted octanol–water partition coefficient (Wildman–Crippen LogP) is 2.56. The van der Waals surface area contributed by atoms with E-state index < -0.39 is 16.0 Å². The Labute approximate surface area is 171 Å². The first-order chi connectivity index (χ1) is 13.9. The number of benzene rings is 2. The molecule has 0 amide bonds. The van der Waals surface area contributed by atoms with Crippen molar-refractivity contribution in [2.24, 2.45) is 0 Å². The van der Waals surface area contributed by atoms with Gasteiger partial charge in [0, 0.05) is 13.1 Å². The van der Waals surface area contributed by atoms with Crippen LogP contribution in [0.5, 0.6) is 5.75 Å². The molecule has 0 spiro atoms. The largest absolute Gasteiger partial charge is 0.490 e. The van der Waals surface area contributed by atoms with E-state index in [-0.39, 0.29) is 23.7 Å². The number of hydrogen-bond donors (Lipinski definition) is 0. The average Bonchev–Trinajstić information content (AvgIpc) is 2.72. The fourth-order valence-electron chi connectivity index (χ4n) is 2.99. The van der Waals surface area contributed by atoms with E-state index in [0.29, 0.717) is 37.6 Å². The van der Waals surface area contributed by atoms with Crippen LogP contribution in [0.2, 0.25) is 0 Å². The quantitative estimate of drug-likeness (QED) is 0.507. The summed E-state index contributed by atoms with van der Waals surface area (Å²) in [5, 5.41) is 0. The van der Waals surface area contributed by atoms with Crippen molar-refractivity contribution in [2.45, 2.75) is 18.7 Å². The van der Waals surface area contributed by atoms with E-state index in [4.69, 9.17) is 14.2 Å². The molecule has 7 nitrogen and oxygen atoms in total. The van der Waals surface area contributed by atoms with E-state index >= 15 is 0 Å². The fraction of sp³-hybridized carbons (Fsp3) is 0.381. The van der Waals surface area contributed by atoms with Gasteiger partial charge in [0.25, 0.3) is 0 Å².